The summed E-state index contributed by atoms with van der Waals surface area (Å²) in [7, 11) is 0. The highest BCUT2D eigenvalue weighted by atomic mass is 19.1. The number of carbonyl (C=O) groups is 1. The van der Waals surface area contributed by atoms with Gasteiger partial charge in [-0.05, 0) is 24.3 Å². The van der Waals surface area contributed by atoms with Crippen LogP contribution in [0.15, 0.2) is 36.5 Å². The predicted molar refractivity (Wildman–Crippen MR) is 92.8 cm³/mol. The van der Waals surface area contributed by atoms with E-state index in [0.29, 0.717) is 25.9 Å². The van der Waals surface area contributed by atoms with Gasteiger partial charge in [-0.15, -0.1) is 0 Å². The number of hydrogen-bond acceptors (Lipinski definition) is 3. The van der Waals surface area contributed by atoms with E-state index >= 15 is 0 Å². The van der Waals surface area contributed by atoms with Crippen molar-refractivity contribution in [1.82, 2.24) is 10.3 Å². The van der Waals surface area contributed by atoms with E-state index in [9.17, 15) is 9.18 Å². The topological polar surface area (TPSA) is 45.2 Å². The summed E-state index contributed by atoms with van der Waals surface area (Å²) in [5, 5.41) is 5.05. The second kappa shape index (κ2) is 6.04. The Morgan fingerprint density at radius 1 is 1.25 bits per heavy atom. The smallest absolute Gasteiger partial charge is 0.223 e. The van der Waals surface area contributed by atoms with E-state index in [1.165, 1.54) is 0 Å². The number of anilines is 1. The fourth-order valence-corrected chi connectivity index (χ4v) is 3.39. The van der Waals surface area contributed by atoms with Crippen LogP contribution in [0.4, 0.5) is 10.2 Å². The lowest BCUT2D eigenvalue weighted by Gasteiger charge is -2.37. The molecule has 0 spiro atoms. The Morgan fingerprint density at radius 2 is 2.00 bits per heavy atom. The van der Waals surface area contributed by atoms with Crippen molar-refractivity contribution in [3.8, 4) is 0 Å². The van der Waals surface area contributed by atoms with Gasteiger partial charge in [0.15, 0.2) is 0 Å². The Balaban J connectivity index is 1.42. The monoisotopic (exact) mass is 327 g/mol. The molecule has 0 atom stereocenters. The van der Waals surface area contributed by atoms with Crippen LogP contribution in [0.1, 0.15) is 25.7 Å². The zero-order valence-electron chi connectivity index (χ0n) is 13.7. The van der Waals surface area contributed by atoms with E-state index in [0.717, 1.165) is 29.4 Å². The van der Waals surface area contributed by atoms with Crippen LogP contribution in [0.3, 0.4) is 0 Å². The van der Waals surface area contributed by atoms with Gasteiger partial charge in [0.25, 0.3) is 0 Å². The SMILES string of the molecule is O=C(NCC1(F)CCN(c2nccc3ccccc23)CC1)C1CC1. The van der Waals surface area contributed by atoms with Gasteiger partial charge >= 0.3 is 0 Å². The zero-order valence-corrected chi connectivity index (χ0v) is 13.7. The lowest BCUT2D eigenvalue weighted by molar-refractivity contribution is -0.123. The fourth-order valence-electron chi connectivity index (χ4n) is 3.39. The third kappa shape index (κ3) is 3.07. The Labute approximate surface area is 141 Å². The van der Waals surface area contributed by atoms with Crippen LogP contribution in [-0.2, 0) is 4.79 Å². The maximum atomic E-state index is 15.0. The summed E-state index contributed by atoms with van der Waals surface area (Å²) in [6.45, 7) is 1.38. The van der Waals surface area contributed by atoms with E-state index < -0.39 is 5.67 Å². The fraction of sp³-hybridized carbons (Fsp3) is 0.474. The summed E-state index contributed by atoms with van der Waals surface area (Å²) in [5.41, 5.74) is -1.30. The van der Waals surface area contributed by atoms with E-state index in [-0.39, 0.29) is 18.4 Å². The number of hydrogen-bond donors (Lipinski definition) is 1. The predicted octanol–water partition coefficient (Wildman–Crippen LogP) is 3.07. The third-order valence-corrected chi connectivity index (χ3v) is 5.14. The molecule has 0 unspecified atom stereocenters. The van der Waals surface area contributed by atoms with E-state index in [4.69, 9.17) is 0 Å². The molecule has 1 aliphatic carbocycles. The molecule has 5 heteroatoms. The number of halogens is 1. The molecule has 1 aromatic heterocycles. The summed E-state index contributed by atoms with van der Waals surface area (Å²) in [6, 6.07) is 10.1. The molecule has 0 radical (unpaired) electrons. The molecule has 24 heavy (non-hydrogen) atoms. The normalized spacial score (nSPS) is 20.1. The number of nitrogens with one attached hydrogen (secondary N) is 1. The average molecular weight is 327 g/mol. The molecule has 2 heterocycles. The average Bonchev–Trinajstić information content (AvgIpc) is 3.45. The molecule has 2 aliphatic rings. The zero-order chi connectivity index (χ0) is 16.6. The van der Waals surface area contributed by atoms with Gasteiger partial charge in [0, 0.05) is 43.4 Å². The minimum atomic E-state index is -1.30. The van der Waals surface area contributed by atoms with Crippen molar-refractivity contribution < 1.29 is 9.18 Å². The van der Waals surface area contributed by atoms with Crippen molar-refractivity contribution in [2.24, 2.45) is 5.92 Å². The molecule has 1 N–H and O–H groups in total. The standard InChI is InChI=1S/C19H22FN3O/c20-19(13-22-18(24)15-5-6-15)8-11-23(12-9-19)17-16-4-2-1-3-14(16)7-10-21-17/h1-4,7,10,15H,5-6,8-9,11-13H2,(H,22,24). The molecule has 1 amide bonds. The largest absolute Gasteiger partial charge is 0.356 e. The summed E-state index contributed by atoms with van der Waals surface area (Å²) >= 11 is 0. The minimum Gasteiger partial charge on any atom is -0.356 e. The van der Waals surface area contributed by atoms with Crippen molar-refractivity contribution >= 4 is 22.5 Å². The highest BCUT2D eigenvalue weighted by Crippen LogP contribution is 2.32. The van der Waals surface area contributed by atoms with E-state index in [2.05, 4.69) is 27.3 Å². The van der Waals surface area contributed by atoms with Crippen molar-refractivity contribution in [2.75, 3.05) is 24.5 Å². The molecule has 2 fully saturated rings. The number of alkyl halides is 1. The first-order chi connectivity index (χ1) is 11.6. The van der Waals surface area contributed by atoms with Gasteiger partial charge in [0.1, 0.15) is 11.5 Å². The summed E-state index contributed by atoms with van der Waals surface area (Å²) in [6.07, 6.45) is 4.55. The molecule has 1 aromatic carbocycles. The molecular weight excluding hydrogens is 305 g/mol. The van der Waals surface area contributed by atoms with Crippen LogP contribution in [0.5, 0.6) is 0 Å². The third-order valence-electron chi connectivity index (χ3n) is 5.14. The maximum Gasteiger partial charge on any atom is 0.223 e. The van der Waals surface area contributed by atoms with Crippen molar-refractivity contribution in [1.29, 1.82) is 0 Å². The lowest BCUT2D eigenvalue weighted by atomic mass is 9.93. The minimum absolute atomic E-state index is 0.0187. The number of amides is 1. The highest BCUT2D eigenvalue weighted by Gasteiger charge is 2.37. The van der Waals surface area contributed by atoms with Crippen molar-refractivity contribution in [3.05, 3.63) is 36.5 Å². The van der Waals surface area contributed by atoms with Gasteiger partial charge in [-0.2, -0.15) is 0 Å². The number of piperidine rings is 1. The van der Waals surface area contributed by atoms with Gasteiger partial charge in [0.05, 0.1) is 6.54 Å². The Bertz CT molecular complexity index is 746. The molecule has 1 saturated carbocycles. The van der Waals surface area contributed by atoms with E-state index in [1.54, 1.807) is 0 Å². The first-order valence-electron chi connectivity index (χ1n) is 8.70. The molecule has 4 rings (SSSR count). The Morgan fingerprint density at radius 3 is 2.75 bits per heavy atom. The molecular formula is C19H22FN3O. The molecule has 4 nitrogen and oxygen atoms in total. The number of fused-ring (bicyclic) bond motifs is 1. The van der Waals surface area contributed by atoms with Crippen molar-refractivity contribution in [2.45, 2.75) is 31.4 Å². The van der Waals surface area contributed by atoms with Gasteiger partial charge in [-0.25, -0.2) is 9.37 Å². The molecule has 1 saturated heterocycles. The van der Waals surface area contributed by atoms with Crippen LogP contribution in [0, 0.1) is 5.92 Å². The quantitative estimate of drug-likeness (QED) is 0.939. The van der Waals surface area contributed by atoms with Gasteiger partial charge in [-0.3, -0.25) is 4.79 Å². The first kappa shape index (κ1) is 15.4. The highest BCUT2D eigenvalue weighted by molar-refractivity contribution is 5.92. The number of nitrogens with zero attached hydrogens (tertiary/aromatic N) is 2. The second-order valence-electron chi connectivity index (χ2n) is 6.99. The summed E-state index contributed by atoms with van der Waals surface area (Å²) in [4.78, 5) is 18.4. The van der Waals surface area contributed by atoms with Crippen LogP contribution in [-0.4, -0.2) is 36.2 Å². The number of benzene rings is 1. The van der Waals surface area contributed by atoms with Crippen molar-refractivity contribution in [3.63, 3.8) is 0 Å². The van der Waals surface area contributed by atoms with Gasteiger partial charge in [-0.1, -0.05) is 24.3 Å². The molecule has 2 aromatic rings. The van der Waals surface area contributed by atoms with Gasteiger partial charge < -0.3 is 10.2 Å². The summed E-state index contributed by atoms with van der Waals surface area (Å²) < 4.78 is 15.0. The van der Waals surface area contributed by atoms with Crippen LogP contribution >= 0.6 is 0 Å². The van der Waals surface area contributed by atoms with Gasteiger partial charge in [0.2, 0.25) is 5.91 Å². The Kier molecular flexibility index (Phi) is 3.87. The Hall–Kier alpha value is -2.17. The van der Waals surface area contributed by atoms with E-state index in [1.807, 2.05) is 24.4 Å². The summed E-state index contributed by atoms with van der Waals surface area (Å²) in [5.74, 6) is 1.08. The first-order valence-corrected chi connectivity index (χ1v) is 8.70. The number of pyridine rings is 1. The second-order valence-corrected chi connectivity index (χ2v) is 6.99. The number of carbonyl (C=O) groups excluding carboxylic acids is 1. The molecule has 0 bridgehead atoms. The molecule has 1 aliphatic heterocycles. The molecule has 126 valence electrons. The van der Waals surface area contributed by atoms with Crippen LogP contribution in [0.2, 0.25) is 0 Å². The van der Waals surface area contributed by atoms with Crippen LogP contribution < -0.4 is 10.2 Å². The van der Waals surface area contributed by atoms with Crippen LogP contribution in [0.25, 0.3) is 10.8 Å². The number of aromatic nitrogens is 1. The number of rotatable bonds is 4. The lowest BCUT2D eigenvalue weighted by Crippen LogP contribution is -2.48. The maximum absolute atomic E-state index is 15.0.